The van der Waals surface area contributed by atoms with Gasteiger partial charge in [0.1, 0.15) is 11.4 Å². The maximum absolute atomic E-state index is 12.4. The average Bonchev–Trinajstić information content (AvgIpc) is 3.06. The lowest BCUT2D eigenvalue weighted by molar-refractivity contribution is 0.469. The van der Waals surface area contributed by atoms with Crippen LogP contribution >= 0.6 is 0 Å². The van der Waals surface area contributed by atoms with E-state index in [1.807, 2.05) is 38.1 Å². The summed E-state index contributed by atoms with van der Waals surface area (Å²) in [5.41, 5.74) is 5.26. The van der Waals surface area contributed by atoms with E-state index in [9.17, 15) is 9.90 Å². The number of nitriles is 1. The summed E-state index contributed by atoms with van der Waals surface area (Å²) in [4.78, 5) is 12.4. The van der Waals surface area contributed by atoms with Gasteiger partial charge in [-0.3, -0.25) is 14.6 Å². The Hall–Kier alpha value is -3.66. The Morgan fingerprint density at radius 2 is 1.69 bits per heavy atom. The highest BCUT2D eigenvalue weighted by atomic mass is 16.3. The lowest BCUT2D eigenvalue weighted by Gasteiger charge is -2.11. The summed E-state index contributed by atoms with van der Waals surface area (Å²) in [5, 5.41) is 30.4. The molecule has 3 aromatic rings. The van der Waals surface area contributed by atoms with Crippen LogP contribution in [-0.4, -0.2) is 14.9 Å². The molecule has 7 heteroatoms. The molecule has 168 valence electrons. The first-order chi connectivity index (χ1) is 15.4. The van der Waals surface area contributed by atoms with Gasteiger partial charge in [-0.15, -0.1) is 10.2 Å². The zero-order chi connectivity index (χ0) is 23.7. The number of phenols is 1. The van der Waals surface area contributed by atoms with Crippen LogP contribution in [-0.2, 0) is 19.4 Å². The third kappa shape index (κ3) is 5.73. The molecule has 0 saturated heterocycles. The lowest BCUT2D eigenvalue weighted by Crippen LogP contribution is -2.16. The number of nitrogens with zero attached hydrogens (tertiary/aromatic N) is 4. The minimum Gasteiger partial charge on any atom is -0.505 e. The molecule has 0 amide bonds. The maximum atomic E-state index is 12.4. The molecule has 0 saturated carbocycles. The van der Waals surface area contributed by atoms with Gasteiger partial charge in [0.15, 0.2) is 5.69 Å². The van der Waals surface area contributed by atoms with Crippen molar-refractivity contribution >= 4 is 11.4 Å². The Labute approximate surface area is 189 Å². The number of azo groups is 1. The zero-order valence-electron chi connectivity index (χ0n) is 19.4. The number of benzene rings is 2. The Morgan fingerprint density at radius 3 is 2.34 bits per heavy atom. The zero-order valence-corrected chi connectivity index (χ0v) is 19.4. The second-order valence-corrected chi connectivity index (χ2v) is 7.31. The van der Waals surface area contributed by atoms with Crippen LogP contribution in [0, 0.1) is 32.1 Å². The van der Waals surface area contributed by atoms with E-state index in [1.54, 1.807) is 13.0 Å². The van der Waals surface area contributed by atoms with Crippen molar-refractivity contribution < 1.29 is 5.11 Å². The molecule has 0 atom stereocenters. The van der Waals surface area contributed by atoms with Crippen molar-refractivity contribution in [1.82, 2.24) is 9.78 Å². The lowest BCUT2D eigenvalue weighted by atomic mass is 9.96. The Bertz CT molecular complexity index is 1160. The molecule has 0 fully saturated rings. The van der Waals surface area contributed by atoms with Crippen LogP contribution in [0.4, 0.5) is 11.4 Å². The molecule has 1 aromatic heterocycles. The van der Waals surface area contributed by atoms with Gasteiger partial charge in [0.2, 0.25) is 0 Å². The fourth-order valence-electron chi connectivity index (χ4n) is 3.50. The fraction of sp³-hybridized carbons (Fsp3) is 0.360. The first kappa shape index (κ1) is 24.6. The number of aromatic nitrogens is 2. The largest absolute Gasteiger partial charge is 0.505 e. The van der Waals surface area contributed by atoms with Crippen molar-refractivity contribution in [3.8, 4) is 11.8 Å². The van der Waals surface area contributed by atoms with Gasteiger partial charge >= 0.3 is 0 Å². The van der Waals surface area contributed by atoms with Gasteiger partial charge < -0.3 is 5.11 Å². The van der Waals surface area contributed by atoms with Crippen LogP contribution in [0.1, 0.15) is 48.2 Å². The quantitative estimate of drug-likeness (QED) is 0.450. The van der Waals surface area contributed by atoms with Crippen LogP contribution in [0.3, 0.4) is 0 Å². The minimum absolute atomic E-state index is 0.0745. The van der Waals surface area contributed by atoms with E-state index in [4.69, 9.17) is 5.26 Å². The smallest absolute Gasteiger partial charge is 0.294 e. The van der Waals surface area contributed by atoms with Crippen LogP contribution in [0.25, 0.3) is 0 Å². The summed E-state index contributed by atoms with van der Waals surface area (Å²) < 4.78 is 1.34. The molecule has 1 heterocycles. The highest BCUT2D eigenvalue weighted by Gasteiger charge is 2.12. The summed E-state index contributed by atoms with van der Waals surface area (Å²) in [7, 11) is 0. The molecule has 2 N–H and O–H groups in total. The van der Waals surface area contributed by atoms with Gasteiger partial charge in [0.05, 0.1) is 24.7 Å². The van der Waals surface area contributed by atoms with E-state index in [0.29, 0.717) is 17.8 Å². The van der Waals surface area contributed by atoms with Gasteiger partial charge in [-0.05, 0) is 61.9 Å². The number of phenolic OH excluding ortho intramolecular Hbond substituents is 1. The molecule has 3 rings (SSSR count). The molecule has 32 heavy (non-hydrogen) atoms. The van der Waals surface area contributed by atoms with Gasteiger partial charge in [0.25, 0.3) is 5.56 Å². The molecule has 0 radical (unpaired) electrons. The number of para-hydroxylation sites is 1. The van der Waals surface area contributed by atoms with Crippen LogP contribution in [0.2, 0.25) is 0 Å². The summed E-state index contributed by atoms with van der Waals surface area (Å²) in [6.45, 7) is 10.2. The number of aryl methyl sites for hydroxylation is 5. The Morgan fingerprint density at radius 1 is 1.03 bits per heavy atom. The molecule has 0 unspecified atom stereocenters. The molecule has 2 aromatic carbocycles. The van der Waals surface area contributed by atoms with Gasteiger partial charge in [-0.1, -0.05) is 44.2 Å². The van der Waals surface area contributed by atoms with Crippen molar-refractivity contribution in [2.75, 3.05) is 0 Å². The van der Waals surface area contributed by atoms with Crippen molar-refractivity contribution in [2.24, 2.45) is 10.2 Å². The van der Waals surface area contributed by atoms with E-state index >= 15 is 0 Å². The highest BCUT2D eigenvalue weighted by molar-refractivity contribution is 5.55. The predicted molar refractivity (Wildman–Crippen MR) is 127 cm³/mol. The number of aromatic amines is 1. The third-order valence-corrected chi connectivity index (χ3v) is 5.20. The molecular weight excluding hydrogens is 402 g/mol. The van der Waals surface area contributed by atoms with E-state index in [1.165, 1.54) is 21.4 Å². The Kier molecular flexibility index (Phi) is 8.96. The van der Waals surface area contributed by atoms with Crippen molar-refractivity contribution in [2.45, 2.75) is 60.4 Å². The molecule has 0 aliphatic carbocycles. The number of hydrogen-bond donors (Lipinski definition) is 2. The van der Waals surface area contributed by atoms with Crippen LogP contribution in [0.15, 0.2) is 51.4 Å². The Balaban J connectivity index is 0.00000176. The third-order valence-electron chi connectivity index (χ3n) is 5.20. The fourth-order valence-corrected chi connectivity index (χ4v) is 3.50. The number of rotatable bonds is 7. The first-order valence-corrected chi connectivity index (χ1v) is 10.9. The van der Waals surface area contributed by atoms with E-state index in [0.717, 1.165) is 12.0 Å². The van der Waals surface area contributed by atoms with Crippen LogP contribution in [0.5, 0.6) is 5.75 Å². The molecular formula is C25H31N5O2. The molecule has 0 bridgehead atoms. The molecule has 0 aliphatic rings. The minimum atomic E-state index is -0.336. The number of hydrogen-bond acceptors (Lipinski definition) is 5. The van der Waals surface area contributed by atoms with E-state index < -0.39 is 0 Å². The van der Waals surface area contributed by atoms with E-state index in [2.05, 4.69) is 41.3 Å². The molecule has 0 aliphatic heterocycles. The molecule has 0 spiro atoms. The number of aromatic hydroxyl groups is 1. The summed E-state index contributed by atoms with van der Waals surface area (Å²) in [6, 6.07) is 13.6. The predicted octanol–water partition coefficient (Wildman–Crippen LogP) is 5.95. The summed E-state index contributed by atoms with van der Waals surface area (Å²) in [6.07, 6.45) is 1.71. The highest BCUT2D eigenvalue weighted by Crippen LogP contribution is 2.32. The second kappa shape index (κ2) is 11.7. The van der Waals surface area contributed by atoms with Crippen molar-refractivity contribution in [3.05, 3.63) is 74.7 Å². The van der Waals surface area contributed by atoms with Crippen molar-refractivity contribution in [1.29, 1.82) is 5.26 Å². The SMILES string of the molecule is CC.Cc1cccc(C)c1CCc1cccc(N=Nc2c(C)[nH]n(CCC#N)c2=O)c1O. The standard InChI is InChI=1S/C23H25N5O2.C2H6/c1-15-7-4-8-16(2)19(15)12-11-18-9-5-10-20(22(18)29)25-26-21-17(3)27-28(23(21)30)14-6-13-24;1-2/h4-5,7-10,27,29H,6,11-12,14H2,1-3H3;1-2H3. The summed E-state index contributed by atoms with van der Waals surface area (Å²) in [5.74, 6) is 0.0745. The van der Waals surface area contributed by atoms with Crippen LogP contribution < -0.4 is 5.56 Å². The van der Waals surface area contributed by atoms with E-state index in [-0.39, 0.29) is 30.0 Å². The topological polar surface area (TPSA) is 107 Å². The van der Waals surface area contributed by atoms with Gasteiger partial charge in [-0.25, -0.2) is 0 Å². The summed E-state index contributed by atoms with van der Waals surface area (Å²) >= 11 is 0. The monoisotopic (exact) mass is 433 g/mol. The number of H-pyrrole nitrogens is 1. The molecule has 7 nitrogen and oxygen atoms in total. The van der Waals surface area contributed by atoms with Gasteiger partial charge in [-0.2, -0.15) is 5.26 Å². The first-order valence-electron chi connectivity index (χ1n) is 10.9. The average molecular weight is 434 g/mol. The van der Waals surface area contributed by atoms with Gasteiger partial charge in [0, 0.05) is 0 Å². The second-order valence-electron chi connectivity index (χ2n) is 7.31. The normalized spacial score (nSPS) is 10.6. The number of nitrogens with one attached hydrogen (secondary N) is 1. The maximum Gasteiger partial charge on any atom is 0.294 e. The van der Waals surface area contributed by atoms with Crippen molar-refractivity contribution in [3.63, 3.8) is 0 Å².